The fraction of sp³-hybridized carbons (Fsp3) is 0.500. The molecule has 0 aromatic carbocycles. The summed E-state index contributed by atoms with van der Waals surface area (Å²) in [6, 6.07) is 3.02. The first kappa shape index (κ1) is 12.0. The lowest BCUT2D eigenvalue weighted by Crippen LogP contribution is -2.23. The van der Waals surface area contributed by atoms with Gasteiger partial charge >= 0.3 is 0 Å². The predicted molar refractivity (Wildman–Crippen MR) is 57.7 cm³/mol. The average Bonchev–Trinajstić information content (AvgIpc) is 2.54. The zero-order valence-electron chi connectivity index (χ0n) is 7.60. The molecule has 1 aromatic heterocycles. The zero-order chi connectivity index (χ0) is 10.8. The molecule has 0 saturated carbocycles. The zero-order valence-corrected chi connectivity index (χ0v) is 9.99. The molecule has 1 rings (SSSR count). The van der Waals surface area contributed by atoms with E-state index in [1.54, 1.807) is 13.0 Å². The molecule has 0 aliphatic carbocycles. The molecule has 1 heterocycles. The maximum Gasteiger partial charge on any atom is 0.192 e. The van der Waals surface area contributed by atoms with Crippen molar-refractivity contribution in [3.05, 3.63) is 16.5 Å². The van der Waals surface area contributed by atoms with Crippen LogP contribution in [0.3, 0.4) is 0 Å². The number of aliphatic hydroxyl groups is 1. The number of hydrogen-bond acceptors (Lipinski definition) is 4. The van der Waals surface area contributed by atoms with Crippen LogP contribution >= 0.6 is 22.9 Å². The van der Waals surface area contributed by atoms with Gasteiger partial charge in [-0.2, -0.15) is 0 Å². The van der Waals surface area contributed by atoms with E-state index >= 15 is 0 Å². The number of hydrogen-bond donors (Lipinski definition) is 1. The monoisotopic (exact) mass is 254 g/mol. The Morgan fingerprint density at radius 3 is 2.57 bits per heavy atom. The Morgan fingerprint density at radius 1 is 1.57 bits per heavy atom. The molecule has 0 amide bonds. The highest BCUT2D eigenvalue weighted by Crippen LogP contribution is 2.29. The quantitative estimate of drug-likeness (QED) is 0.894. The molecule has 80 valence electrons. The van der Waals surface area contributed by atoms with Crippen LogP contribution in [0.25, 0.3) is 0 Å². The van der Waals surface area contributed by atoms with Crippen LogP contribution in [-0.2, 0) is 9.84 Å². The number of rotatable bonds is 4. The maximum absolute atomic E-state index is 11.8. The molecule has 14 heavy (non-hydrogen) atoms. The van der Waals surface area contributed by atoms with Crippen molar-refractivity contribution in [3.63, 3.8) is 0 Å². The highest BCUT2D eigenvalue weighted by atomic mass is 35.5. The average molecular weight is 255 g/mol. The number of halogens is 1. The highest BCUT2D eigenvalue weighted by molar-refractivity contribution is 7.94. The SMILES string of the molecule is CCC(CO)S(=O)(=O)c1ccc(Cl)s1. The number of aliphatic hydroxyl groups excluding tert-OH is 1. The van der Waals surface area contributed by atoms with Crippen molar-refractivity contribution in [3.8, 4) is 0 Å². The van der Waals surface area contributed by atoms with Crippen molar-refractivity contribution in [1.29, 1.82) is 0 Å². The van der Waals surface area contributed by atoms with Crippen molar-refractivity contribution in [2.24, 2.45) is 0 Å². The summed E-state index contributed by atoms with van der Waals surface area (Å²) in [5, 5.41) is 8.20. The van der Waals surface area contributed by atoms with Crippen LogP contribution in [0.15, 0.2) is 16.3 Å². The van der Waals surface area contributed by atoms with Crippen molar-refractivity contribution in [2.75, 3.05) is 6.61 Å². The van der Waals surface area contributed by atoms with E-state index in [2.05, 4.69) is 0 Å². The standard InChI is InChI=1S/C8H11ClO3S2/c1-2-6(5-10)14(11,12)8-4-3-7(9)13-8/h3-4,6,10H,2,5H2,1H3. The Bertz CT molecular complexity index is 392. The normalized spacial score (nSPS) is 14.2. The summed E-state index contributed by atoms with van der Waals surface area (Å²) >= 11 is 6.67. The van der Waals surface area contributed by atoms with Crippen LogP contribution in [0, 0.1) is 0 Å². The van der Waals surface area contributed by atoms with Crippen LogP contribution in [0.1, 0.15) is 13.3 Å². The molecule has 0 aliphatic heterocycles. The van der Waals surface area contributed by atoms with Gasteiger partial charge in [0.25, 0.3) is 0 Å². The van der Waals surface area contributed by atoms with Gasteiger partial charge in [0.2, 0.25) is 0 Å². The largest absolute Gasteiger partial charge is 0.395 e. The predicted octanol–water partition coefficient (Wildman–Crippen LogP) is 1.95. The smallest absolute Gasteiger partial charge is 0.192 e. The second kappa shape index (κ2) is 4.61. The third-order valence-electron chi connectivity index (χ3n) is 1.93. The molecule has 0 bridgehead atoms. The molecule has 0 spiro atoms. The van der Waals surface area contributed by atoms with Crippen LogP contribution < -0.4 is 0 Å². The summed E-state index contributed by atoms with van der Waals surface area (Å²) in [7, 11) is -3.40. The van der Waals surface area contributed by atoms with Gasteiger partial charge in [-0.05, 0) is 18.6 Å². The summed E-state index contributed by atoms with van der Waals surface area (Å²) in [6.07, 6.45) is 0.397. The maximum atomic E-state index is 11.8. The summed E-state index contributed by atoms with van der Waals surface area (Å²) in [5.74, 6) is 0. The molecule has 1 aromatic rings. The van der Waals surface area contributed by atoms with Crippen molar-refractivity contribution in [2.45, 2.75) is 22.8 Å². The molecule has 0 aliphatic rings. The molecule has 0 saturated heterocycles. The summed E-state index contributed by atoms with van der Waals surface area (Å²) < 4.78 is 24.3. The second-order valence-electron chi connectivity index (χ2n) is 2.82. The Hall–Kier alpha value is -0.100. The second-order valence-corrected chi connectivity index (χ2v) is 6.99. The Balaban J connectivity index is 3.07. The van der Waals surface area contributed by atoms with E-state index in [0.29, 0.717) is 10.8 Å². The topological polar surface area (TPSA) is 54.4 Å². The van der Waals surface area contributed by atoms with Gasteiger partial charge in [0.05, 0.1) is 16.2 Å². The first-order chi connectivity index (χ1) is 6.52. The first-order valence-electron chi connectivity index (χ1n) is 4.12. The molecule has 0 fully saturated rings. The van der Waals surface area contributed by atoms with Gasteiger partial charge in [-0.15, -0.1) is 11.3 Å². The van der Waals surface area contributed by atoms with Crippen molar-refractivity contribution < 1.29 is 13.5 Å². The van der Waals surface area contributed by atoms with E-state index < -0.39 is 15.1 Å². The van der Waals surface area contributed by atoms with E-state index in [4.69, 9.17) is 16.7 Å². The van der Waals surface area contributed by atoms with Crippen LogP contribution in [0.5, 0.6) is 0 Å². The van der Waals surface area contributed by atoms with E-state index in [1.165, 1.54) is 6.07 Å². The summed E-state index contributed by atoms with van der Waals surface area (Å²) in [6.45, 7) is 1.38. The van der Waals surface area contributed by atoms with E-state index in [9.17, 15) is 8.42 Å². The van der Waals surface area contributed by atoms with Crippen LogP contribution in [-0.4, -0.2) is 25.4 Å². The minimum absolute atomic E-state index is 0.225. The molecule has 3 nitrogen and oxygen atoms in total. The lowest BCUT2D eigenvalue weighted by molar-refractivity contribution is 0.288. The third-order valence-corrected chi connectivity index (χ3v) is 5.96. The van der Waals surface area contributed by atoms with Gasteiger partial charge < -0.3 is 5.11 Å². The molecule has 1 atom stereocenters. The Kier molecular flexibility index (Phi) is 3.94. The van der Waals surface area contributed by atoms with E-state index in [0.717, 1.165) is 11.3 Å². The van der Waals surface area contributed by atoms with Crippen molar-refractivity contribution in [1.82, 2.24) is 0 Å². The Morgan fingerprint density at radius 2 is 2.21 bits per heavy atom. The molecule has 6 heteroatoms. The fourth-order valence-electron chi connectivity index (χ4n) is 1.06. The summed E-state index contributed by atoms with van der Waals surface area (Å²) in [4.78, 5) is 0. The fourth-order valence-corrected chi connectivity index (χ4v) is 4.34. The van der Waals surface area contributed by atoms with Gasteiger partial charge in [0, 0.05) is 0 Å². The lowest BCUT2D eigenvalue weighted by atomic mass is 10.3. The first-order valence-corrected chi connectivity index (χ1v) is 6.86. The van der Waals surface area contributed by atoms with Gasteiger partial charge in [0.15, 0.2) is 9.84 Å². The molecule has 0 radical (unpaired) electrons. The van der Waals surface area contributed by atoms with E-state index in [1.807, 2.05) is 0 Å². The van der Waals surface area contributed by atoms with E-state index in [-0.39, 0.29) is 10.8 Å². The molecule has 1 N–H and O–H groups in total. The molecular formula is C8H11ClO3S2. The van der Waals surface area contributed by atoms with Gasteiger partial charge in [0.1, 0.15) is 4.21 Å². The highest BCUT2D eigenvalue weighted by Gasteiger charge is 2.26. The molecule has 1 unspecified atom stereocenters. The Labute approximate surface area is 92.3 Å². The minimum atomic E-state index is -3.40. The summed E-state index contributed by atoms with van der Waals surface area (Å²) in [5.41, 5.74) is 0. The number of sulfone groups is 1. The third kappa shape index (κ3) is 2.28. The van der Waals surface area contributed by atoms with Gasteiger partial charge in [-0.3, -0.25) is 0 Å². The number of thiophene rings is 1. The van der Waals surface area contributed by atoms with Crippen molar-refractivity contribution >= 4 is 32.8 Å². The van der Waals surface area contributed by atoms with Crippen LogP contribution in [0.4, 0.5) is 0 Å². The minimum Gasteiger partial charge on any atom is -0.395 e. The molecular weight excluding hydrogens is 244 g/mol. The van der Waals surface area contributed by atoms with Gasteiger partial charge in [-0.25, -0.2) is 8.42 Å². The van der Waals surface area contributed by atoms with Gasteiger partial charge in [-0.1, -0.05) is 18.5 Å². The van der Waals surface area contributed by atoms with Crippen LogP contribution in [0.2, 0.25) is 4.34 Å². The lowest BCUT2D eigenvalue weighted by Gasteiger charge is -2.10.